The number of carbonyl (C=O) groups excluding carboxylic acids is 1. The number of ether oxygens (including phenoxy) is 1. The Labute approximate surface area is 121 Å². The van der Waals surface area contributed by atoms with Crippen LogP contribution in [0.1, 0.15) is 28.0 Å². The summed E-state index contributed by atoms with van der Waals surface area (Å²) in [5.41, 5.74) is 8.69. The molecule has 0 bridgehead atoms. The summed E-state index contributed by atoms with van der Waals surface area (Å²) in [5, 5.41) is 6.17. The van der Waals surface area contributed by atoms with Gasteiger partial charge in [-0.3, -0.25) is 0 Å². The van der Waals surface area contributed by atoms with Gasteiger partial charge in [0, 0.05) is 11.1 Å². The summed E-state index contributed by atoms with van der Waals surface area (Å²) >= 11 is 1.59. The number of esters is 1. The van der Waals surface area contributed by atoms with E-state index in [2.05, 4.69) is 10.3 Å². The summed E-state index contributed by atoms with van der Waals surface area (Å²) in [4.78, 5) is 16.1. The van der Waals surface area contributed by atoms with Crippen LogP contribution in [-0.2, 0) is 11.3 Å². The Kier molecular flexibility index (Phi) is 4.57. The smallest absolute Gasteiger partial charge is 0.338 e. The highest BCUT2D eigenvalue weighted by atomic mass is 32.1. The molecule has 2 rings (SSSR count). The van der Waals surface area contributed by atoms with Crippen molar-refractivity contribution in [1.29, 1.82) is 0 Å². The lowest BCUT2D eigenvalue weighted by atomic mass is 10.1. The average molecular weight is 291 g/mol. The zero-order valence-corrected chi connectivity index (χ0v) is 12.3. The Morgan fingerprint density at radius 2 is 2.30 bits per heavy atom. The summed E-state index contributed by atoms with van der Waals surface area (Å²) in [5.74, 6) is -0.347. The fourth-order valence-corrected chi connectivity index (χ4v) is 2.42. The third-order valence-electron chi connectivity index (χ3n) is 2.66. The second-order valence-corrected chi connectivity index (χ2v) is 5.20. The third-order valence-corrected chi connectivity index (χ3v) is 3.63. The van der Waals surface area contributed by atoms with Gasteiger partial charge in [0.05, 0.1) is 30.1 Å². The topological polar surface area (TPSA) is 77.2 Å². The van der Waals surface area contributed by atoms with E-state index in [9.17, 15) is 4.79 Å². The van der Waals surface area contributed by atoms with Gasteiger partial charge in [-0.1, -0.05) is 0 Å². The van der Waals surface area contributed by atoms with Crippen LogP contribution in [0.15, 0.2) is 23.6 Å². The van der Waals surface area contributed by atoms with Gasteiger partial charge in [-0.05, 0) is 32.0 Å². The molecule has 1 aromatic carbocycles. The maximum atomic E-state index is 11.7. The van der Waals surface area contributed by atoms with E-state index in [0.29, 0.717) is 30.1 Å². The summed E-state index contributed by atoms with van der Waals surface area (Å²) in [6.45, 7) is 4.66. The quantitative estimate of drug-likeness (QED) is 0.654. The van der Waals surface area contributed by atoms with Crippen molar-refractivity contribution in [2.75, 3.05) is 17.7 Å². The van der Waals surface area contributed by atoms with Crippen LogP contribution in [0.25, 0.3) is 0 Å². The molecule has 20 heavy (non-hydrogen) atoms. The number of thiazole rings is 1. The average Bonchev–Trinajstić information content (AvgIpc) is 2.84. The molecule has 0 spiro atoms. The predicted octanol–water partition coefficient (Wildman–Crippen LogP) is 2.82. The molecule has 0 atom stereocenters. The van der Waals surface area contributed by atoms with Crippen molar-refractivity contribution in [3.8, 4) is 0 Å². The molecule has 0 saturated heterocycles. The van der Waals surface area contributed by atoms with Crippen molar-refractivity contribution in [3.63, 3.8) is 0 Å². The highest BCUT2D eigenvalue weighted by Gasteiger charge is 2.09. The minimum absolute atomic E-state index is 0.347. The summed E-state index contributed by atoms with van der Waals surface area (Å²) < 4.78 is 4.97. The number of nitrogens with zero attached hydrogens (tertiary/aromatic N) is 1. The molecule has 6 heteroatoms. The van der Waals surface area contributed by atoms with Gasteiger partial charge in [-0.15, -0.1) is 11.3 Å². The molecule has 1 heterocycles. The molecule has 0 aliphatic rings. The van der Waals surface area contributed by atoms with E-state index in [1.54, 1.807) is 36.5 Å². The first kappa shape index (κ1) is 14.3. The van der Waals surface area contributed by atoms with Gasteiger partial charge in [0.25, 0.3) is 0 Å². The Morgan fingerprint density at radius 3 is 2.95 bits per heavy atom. The molecule has 0 aliphatic carbocycles. The van der Waals surface area contributed by atoms with Crippen molar-refractivity contribution in [1.82, 2.24) is 4.98 Å². The molecule has 3 N–H and O–H groups in total. The van der Waals surface area contributed by atoms with Crippen LogP contribution >= 0.6 is 11.3 Å². The number of nitrogens with two attached hydrogens (primary N) is 1. The number of nitrogen functional groups attached to an aromatic ring is 1. The zero-order valence-electron chi connectivity index (χ0n) is 11.5. The Balaban J connectivity index is 2.10. The van der Waals surface area contributed by atoms with Crippen molar-refractivity contribution in [3.05, 3.63) is 39.8 Å². The largest absolute Gasteiger partial charge is 0.462 e. The molecule has 0 fully saturated rings. The van der Waals surface area contributed by atoms with E-state index in [0.717, 1.165) is 10.7 Å². The molecule has 0 radical (unpaired) electrons. The maximum absolute atomic E-state index is 11.7. The molecule has 106 valence electrons. The van der Waals surface area contributed by atoms with E-state index in [-0.39, 0.29) is 5.97 Å². The molecule has 5 nitrogen and oxygen atoms in total. The van der Waals surface area contributed by atoms with Gasteiger partial charge in [-0.25, -0.2) is 9.78 Å². The van der Waals surface area contributed by atoms with E-state index >= 15 is 0 Å². The Bertz CT molecular complexity index is 610. The maximum Gasteiger partial charge on any atom is 0.338 e. The van der Waals surface area contributed by atoms with E-state index in [1.165, 1.54) is 0 Å². The van der Waals surface area contributed by atoms with Gasteiger partial charge in [0.2, 0.25) is 0 Å². The first-order chi connectivity index (χ1) is 9.60. The van der Waals surface area contributed by atoms with Gasteiger partial charge in [0.15, 0.2) is 0 Å². The zero-order chi connectivity index (χ0) is 14.5. The third kappa shape index (κ3) is 3.48. The first-order valence-electron chi connectivity index (χ1n) is 6.31. The number of benzene rings is 1. The minimum atomic E-state index is -0.347. The fourth-order valence-electron chi connectivity index (χ4n) is 1.71. The van der Waals surface area contributed by atoms with E-state index in [1.807, 2.05) is 12.3 Å². The Morgan fingerprint density at radius 1 is 1.50 bits per heavy atom. The van der Waals surface area contributed by atoms with Crippen molar-refractivity contribution in [2.24, 2.45) is 0 Å². The lowest BCUT2D eigenvalue weighted by Crippen LogP contribution is -2.07. The van der Waals surface area contributed by atoms with Crippen LogP contribution in [0.3, 0.4) is 0 Å². The van der Waals surface area contributed by atoms with Crippen LogP contribution < -0.4 is 11.1 Å². The molecule has 0 unspecified atom stereocenters. The predicted molar refractivity (Wildman–Crippen MR) is 81.0 cm³/mol. The number of hydrogen-bond donors (Lipinski definition) is 2. The molecular formula is C14H17N3O2S. The number of aryl methyl sites for hydroxylation is 1. The normalized spacial score (nSPS) is 10.3. The lowest BCUT2D eigenvalue weighted by molar-refractivity contribution is 0.0526. The monoisotopic (exact) mass is 291 g/mol. The van der Waals surface area contributed by atoms with Crippen molar-refractivity contribution < 1.29 is 9.53 Å². The number of rotatable bonds is 5. The van der Waals surface area contributed by atoms with Crippen LogP contribution in [0, 0.1) is 6.92 Å². The standard InChI is InChI=1S/C14H17N3O2S/c1-3-19-14(18)10-4-5-11(15)12(6-10)16-7-13-17-9(2)8-20-13/h4-6,8,16H,3,7,15H2,1-2H3. The number of aromatic nitrogens is 1. The number of nitrogens with one attached hydrogen (secondary N) is 1. The highest BCUT2D eigenvalue weighted by molar-refractivity contribution is 7.09. The summed E-state index contributed by atoms with van der Waals surface area (Å²) in [6, 6.07) is 5.06. The van der Waals surface area contributed by atoms with Gasteiger partial charge in [0.1, 0.15) is 5.01 Å². The molecule has 0 saturated carbocycles. The van der Waals surface area contributed by atoms with Gasteiger partial charge < -0.3 is 15.8 Å². The summed E-state index contributed by atoms with van der Waals surface area (Å²) in [6.07, 6.45) is 0. The highest BCUT2D eigenvalue weighted by Crippen LogP contribution is 2.22. The lowest BCUT2D eigenvalue weighted by Gasteiger charge is -2.10. The molecule has 0 amide bonds. The molecule has 1 aromatic heterocycles. The van der Waals surface area contributed by atoms with Gasteiger partial charge >= 0.3 is 5.97 Å². The van der Waals surface area contributed by atoms with Crippen molar-refractivity contribution in [2.45, 2.75) is 20.4 Å². The van der Waals surface area contributed by atoms with Crippen LogP contribution in [0.2, 0.25) is 0 Å². The SMILES string of the molecule is CCOC(=O)c1ccc(N)c(NCc2nc(C)cs2)c1. The minimum Gasteiger partial charge on any atom is -0.462 e. The van der Waals surface area contributed by atoms with Crippen LogP contribution in [0.5, 0.6) is 0 Å². The molecule has 0 aliphatic heterocycles. The van der Waals surface area contributed by atoms with Crippen molar-refractivity contribution >= 4 is 28.7 Å². The number of carbonyl (C=O) groups is 1. The first-order valence-corrected chi connectivity index (χ1v) is 7.19. The molecule has 2 aromatic rings. The van der Waals surface area contributed by atoms with Crippen LogP contribution in [-0.4, -0.2) is 17.6 Å². The van der Waals surface area contributed by atoms with E-state index in [4.69, 9.17) is 10.5 Å². The Hall–Kier alpha value is -2.08. The summed E-state index contributed by atoms with van der Waals surface area (Å²) in [7, 11) is 0. The van der Waals surface area contributed by atoms with Gasteiger partial charge in [-0.2, -0.15) is 0 Å². The second-order valence-electron chi connectivity index (χ2n) is 4.26. The fraction of sp³-hybridized carbons (Fsp3) is 0.286. The van der Waals surface area contributed by atoms with Crippen LogP contribution in [0.4, 0.5) is 11.4 Å². The molecular weight excluding hydrogens is 274 g/mol. The number of hydrogen-bond acceptors (Lipinski definition) is 6. The number of anilines is 2. The van der Waals surface area contributed by atoms with E-state index < -0.39 is 0 Å². The second kappa shape index (κ2) is 6.38.